The Balaban J connectivity index is 2.35. The van der Waals surface area contributed by atoms with E-state index in [1.807, 2.05) is 0 Å². The number of carbonyl (C=O) groups is 1. The van der Waals surface area contributed by atoms with E-state index in [0.29, 0.717) is 15.9 Å². The normalized spacial score (nSPS) is 10.2. The van der Waals surface area contributed by atoms with E-state index in [2.05, 4.69) is 42.2 Å². The van der Waals surface area contributed by atoms with Gasteiger partial charge in [-0.3, -0.25) is 0 Å². The molecule has 0 spiro atoms. The van der Waals surface area contributed by atoms with Crippen LogP contribution >= 0.6 is 31.9 Å². The highest BCUT2D eigenvalue weighted by Crippen LogP contribution is 2.30. The zero-order valence-electron chi connectivity index (χ0n) is 10.4. The molecule has 2 N–H and O–H groups in total. The monoisotopic (exact) mass is 400 g/mol. The number of carboxylic acid groups (broad SMARTS) is 1. The van der Waals surface area contributed by atoms with Crippen LogP contribution in [0, 0.1) is 0 Å². The lowest BCUT2D eigenvalue weighted by Crippen LogP contribution is -2.05. The van der Waals surface area contributed by atoms with Gasteiger partial charge in [-0.05, 0) is 56.1 Å². The van der Waals surface area contributed by atoms with Crippen molar-refractivity contribution in [2.24, 2.45) is 0 Å². The molecule has 2 aromatic rings. The number of pyridine rings is 1. The average molecular weight is 402 g/mol. The molecule has 1 aromatic heterocycles. The molecule has 0 radical (unpaired) electrons. The van der Waals surface area contributed by atoms with Gasteiger partial charge in [-0.15, -0.1) is 0 Å². The summed E-state index contributed by atoms with van der Waals surface area (Å²) in [4.78, 5) is 15.3. The maximum atomic E-state index is 11.2. The summed E-state index contributed by atoms with van der Waals surface area (Å²) in [5.74, 6) is -0.0792. The number of rotatable bonds is 4. The molecule has 104 valence electrons. The average Bonchev–Trinajstić information content (AvgIpc) is 2.41. The van der Waals surface area contributed by atoms with E-state index in [0.717, 1.165) is 4.47 Å². The van der Waals surface area contributed by atoms with E-state index in [1.54, 1.807) is 25.3 Å². The predicted octanol–water partition coefficient (Wildman–Crippen LogP) is 4.06. The number of benzene rings is 1. The number of hydrogen-bond acceptors (Lipinski definition) is 4. The Morgan fingerprint density at radius 1 is 1.35 bits per heavy atom. The third-order valence-electron chi connectivity index (χ3n) is 2.50. The summed E-state index contributed by atoms with van der Waals surface area (Å²) < 4.78 is 6.51. The summed E-state index contributed by atoms with van der Waals surface area (Å²) in [6, 6.07) is 6.83. The van der Waals surface area contributed by atoms with Crippen LogP contribution in [0.5, 0.6) is 5.75 Å². The number of aromatic nitrogens is 1. The fraction of sp³-hybridized carbons (Fsp3) is 0.0769. The summed E-state index contributed by atoms with van der Waals surface area (Å²) in [6.45, 7) is 0. The van der Waals surface area contributed by atoms with Crippen LogP contribution in [0.4, 0.5) is 11.5 Å². The topological polar surface area (TPSA) is 71.5 Å². The minimum absolute atomic E-state index is 0.0892. The molecule has 0 fully saturated rings. The molecular formula is C13H10Br2N2O3. The molecule has 5 nitrogen and oxygen atoms in total. The first kappa shape index (κ1) is 14.8. The number of aromatic carboxylic acids is 1. The van der Waals surface area contributed by atoms with E-state index < -0.39 is 5.97 Å². The number of anilines is 2. The van der Waals surface area contributed by atoms with Crippen molar-refractivity contribution in [1.29, 1.82) is 0 Å². The first-order chi connectivity index (χ1) is 9.51. The van der Waals surface area contributed by atoms with Crippen LogP contribution in [0.25, 0.3) is 0 Å². The smallest absolute Gasteiger partial charge is 0.339 e. The SMILES string of the molecule is COc1ccc(Nc2ncc(Br)cc2C(=O)O)cc1Br. The van der Waals surface area contributed by atoms with Crippen LogP contribution in [-0.2, 0) is 0 Å². The van der Waals surface area contributed by atoms with E-state index in [9.17, 15) is 9.90 Å². The van der Waals surface area contributed by atoms with Crippen molar-refractivity contribution >= 4 is 49.3 Å². The second-order valence-corrected chi connectivity index (χ2v) is 5.60. The Morgan fingerprint density at radius 2 is 2.10 bits per heavy atom. The Bertz CT molecular complexity index is 662. The van der Waals surface area contributed by atoms with Gasteiger partial charge in [0.1, 0.15) is 17.1 Å². The lowest BCUT2D eigenvalue weighted by atomic mass is 10.2. The van der Waals surface area contributed by atoms with Crippen LogP contribution in [0.1, 0.15) is 10.4 Å². The highest BCUT2D eigenvalue weighted by atomic mass is 79.9. The molecule has 2 rings (SSSR count). The maximum absolute atomic E-state index is 11.2. The minimum Gasteiger partial charge on any atom is -0.496 e. The molecule has 7 heteroatoms. The molecule has 20 heavy (non-hydrogen) atoms. The Hall–Kier alpha value is -1.60. The molecule has 0 unspecified atom stereocenters. The van der Waals surface area contributed by atoms with E-state index in [1.165, 1.54) is 12.3 Å². The Labute approximate surface area is 132 Å². The van der Waals surface area contributed by atoms with Gasteiger partial charge in [-0.2, -0.15) is 0 Å². The Morgan fingerprint density at radius 3 is 2.70 bits per heavy atom. The van der Waals surface area contributed by atoms with Gasteiger partial charge in [0.2, 0.25) is 0 Å². The van der Waals surface area contributed by atoms with Gasteiger partial charge < -0.3 is 15.2 Å². The lowest BCUT2D eigenvalue weighted by molar-refractivity contribution is 0.0697. The van der Waals surface area contributed by atoms with Crippen molar-refractivity contribution in [2.45, 2.75) is 0 Å². The standard InChI is InChI=1S/C13H10Br2N2O3/c1-20-11-3-2-8(5-10(11)15)17-12-9(13(18)19)4-7(14)6-16-12/h2-6H,1H3,(H,16,17)(H,18,19). The van der Waals surface area contributed by atoms with Crippen LogP contribution in [0.2, 0.25) is 0 Å². The third kappa shape index (κ3) is 3.29. The van der Waals surface area contributed by atoms with Gasteiger partial charge in [-0.1, -0.05) is 0 Å². The van der Waals surface area contributed by atoms with E-state index in [4.69, 9.17) is 4.74 Å². The molecule has 0 bridgehead atoms. The zero-order valence-corrected chi connectivity index (χ0v) is 13.5. The molecule has 0 amide bonds. The largest absolute Gasteiger partial charge is 0.496 e. The lowest BCUT2D eigenvalue weighted by Gasteiger charge is -2.10. The van der Waals surface area contributed by atoms with Crippen molar-refractivity contribution in [2.75, 3.05) is 12.4 Å². The fourth-order valence-electron chi connectivity index (χ4n) is 1.58. The van der Waals surface area contributed by atoms with Crippen molar-refractivity contribution in [1.82, 2.24) is 4.98 Å². The van der Waals surface area contributed by atoms with E-state index in [-0.39, 0.29) is 11.4 Å². The predicted molar refractivity (Wildman–Crippen MR) is 82.9 cm³/mol. The number of nitrogens with zero attached hydrogens (tertiary/aromatic N) is 1. The van der Waals surface area contributed by atoms with Crippen LogP contribution in [0.15, 0.2) is 39.4 Å². The van der Waals surface area contributed by atoms with Crippen LogP contribution < -0.4 is 10.1 Å². The molecular weight excluding hydrogens is 392 g/mol. The van der Waals surface area contributed by atoms with Crippen molar-refractivity contribution in [3.63, 3.8) is 0 Å². The summed E-state index contributed by atoms with van der Waals surface area (Å²) >= 11 is 6.57. The van der Waals surface area contributed by atoms with Gasteiger partial charge in [0.25, 0.3) is 0 Å². The molecule has 0 atom stereocenters. The van der Waals surface area contributed by atoms with Crippen molar-refractivity contribution in [3.05, 3.63) is 45.0 Å². The second-order valence-electron chi connectivity index (χ2n) is 3.83. The van der Waals surface area contributed by atoms with Gasteiger partial charge in [0.15, 0.2) is 0 Å². The quantitative estimate of drug-likeness (QED) is 0.808. The highest BCUT2D eigenvalue weighted by molar-refractivity contribution is 9.10. The number of halogens is 2. The number of ether oxygens (including phenoxy) is 1. The first-order valence-corrected chi connectivity index (χ1v) is 7.09. The van der Waals surface area contributed by atoms with Gasteiger partial charge in [-0.25, -0.2) is 9.78 Å². The summed E-state index contributed by atoms with van der Waals surface area (Å²) in [6.07, 6.45) is 1.54. The number of carboxylic acids is 1. The molecule has 0 aliphatic heterocycles. The maximum Gasteiger partial charge on any atom is 0.339 e. The summed E-state index contributed by atoms with van der Waals surface area (Å²) in [5, 5.41) is 12.1. The third-order valence-corrected chi connectivity index (χ3v) is 3.55. The fourth-order valence-corrected chi connectivity index (χ4v) is 2.45. The minimum atomic E-state index is -1.05. The molecule has 0 aliphatic rings. The number of hydrogen-bond donors (Lipinski definition) is 2. The number of methoxy groups -OCH3 is 1. The molecule has 0 saturated carbocycles. The Kier molecular flexibility index (Phi) is 4.61. The van der Waals surface area contributed by atoms with Gasteiger partial charge in [0, 0.05) is 16.4 Å². The van der Waals surface area contributed by atoms with Crippen LogP contribution in [-0.4, -0.2) is 23.2 Å². The molecule has 0 aliphatic carbocycles. The molecule has 1 heterocycles. The highest BCUT2D eigenvalue weighted by Gasteiger charge is 2.13. The zero-order chi connectivity index (χ0) is 14.7. The molecule has 0 saturated heterocycles. The van der Waals surface area contributed by atoms with Crippen LogP contribution in [0.3, 0.4) is 0 Å². The van der Waals surface area contributed by atoms with Gasteiger partial charge >= 0.3 is 5.97 Å². The van der Waals surface area contributed by atoms with Gasteiger partial charge in [0.05, 0.1) is 11.6 Å². The van der Waals surface area contributed by atoms with Crippen molar-refractivity contribution in [3.8, 4) is 5.75 Å². The number of nitrogens with one attached hydrogen (secondary N) is 1. The van der Waals surface area contributed by atoms with E-state index >= 15 is 0 Å². The summed E-state index contributed by atoms with van der Waals surface area (Å²) in [7, 11) is 1.58. The summed E-state index contributed by atoms with van der Waals surface area (Å²) in [5.41, 5.74) is 0.793. The van der Waals surface area contributed by atoms with Crippen molar-refractivity contribution < 1.29 is 14.6 Å². The second kappa shape index (κ2) is 6.23. The molecule has 1 aromatic carbocycles. The first-order valence-electron chi connectivity index (χ1n) is 5.50.